The molecule has 0 aromatic heterocycles. The molecule has 4 rings (SSSR count). The number of hydrogen-bond donors (Lipinski definition) is 1. The van der Waals surface area contributed by atoms with Gasteiger partial charge in [0.25, 0.3) is 5.91 Å². The van der Waals surface area contributed by atoms with E-state index in [1.54, 1.807) is 18.2 Å². The number of benzene rings is 2. The molecule has 0 saturated heterocycles. The molecule has 0 radical (unpaired) electrons. The Hall–Kier alpha value is -3.42. The van der Waals surface area contributed by atoms with E-state index in [1.807, 2.05) is 0 Å². The predicted octanol–water partition coefficient (Wildman–Crippen LogP) is 3.75. The van der Waals surface area contributed by atoms with Crippen LogP contribution in [0, 0.1) is 5.82 Å². The predicted molar refractivity (Wildman–Crippen MR) is 122 cm³/mol. The Labute approximate surface area is 192 Å². The largest absolute Gasteiger partial charge is 0.497 e. The number of hydrogen-bond acceptors (Lipinski definition) is 5. The first-order valence-corrected chi connectivity index (χ1v) is 11.1. The highest BCUT2D eigenvalue weighted by Crippen LogP contribution is 2.45. The van der Waals surface area contributed by atoms with E-state index in [2.05, 4.69) is 0 Å². The number of methoxy groups -OCH3 is 2. The Morgan fingerprint density at radius 1 is 1.06 bits per heavy atom. The number of rotatable bonds is 6. The summed E-state index contributed by atoms with van der Waals surface area (Å²) in [5, 5.41) is 0. The lowest BCUT2D eigenvalue weighted by Gasteiger charge is -2.40. The van der Waals surface area contributed by atoms with E-state index >= 15 is 0 Å². The second-order valence-corrected chi connectivity index (χ2v) is 8.45. The van der Waals surface area contributed by atoms with Gasteiger partial charge >= 0.3 is 0 Å². The van der Waals surface area contributed by atoms with Gasteiger partial charge in [0.1, 0.15) is 34.7 Å². The highest BCUT2D eigenvalue weighted by atomic mass is 19.1. The van der Waals surface area contributed by atoms with Crippen LogP contribution in [-0.2, 0) is 9.59 Å². The van der Waals surface area contributed by atoms with Gasteiger partial charge in [-0.1, -0.05) is 12.8 Å². The number of aliphatic imine (C=N–C) groups is 1. The van der Waals surface area contributed by atoms with Crippen molar-refractivity contribution in [2.24, 2.45) is 10.7 Å². The van der Waals surface area contributed by atoms with Gasteiger partial charge < -0.3 is 15.2 Å². The van der Waals surface area contributed by atoms with Gasteiger partial charge in [-0.2, -0.15) is 0 Å². The van der Waals surface area contributed by atoms with Crippen molar-refractivity contribution >= 4 is 17.5 Å². The monoisotopic (exact) mass is 453 g/mol. The van der Waals surface area contributed by atoms with Crippen LogP contribution in [0.5, 0.6) is 11.5 Å². The summed E-state index contributed by atoms with van der Waals surface area (Å²) < 4.78 is 24.3. The third-order valence-electron chi connectivity index (χ3n) is 6.47. The van der Waals surface area contributed by atoms with Crippen LogP contribution >= 0.6 is 0 Å². The van der Waals surface area contributed by atoms with Crippen molar-refractivity contribution in [3.63, 3.8) is 0 Å². The number of nitrogens with two attached hydrogens (primary N) is 1. The van der Waals surface area contributed by atoms with Gasteiger partial charge in [0.2, 0.25) is 5.91 Å². The van der Waals surface area contributed by atoms with Gasteiger partial charge in [-0.3, -0.25) is 19.5 Å². The van der Waals surface area contributed by atoms with Crippen LogP contribution in [0.15, 0.2) is 47.5 Å². The molecule has 7 nitrogen and oxygen atoms in total. The molecule has 1 saturated carbocycles. The zero-order valence-corrected chi connectivity index (χ0v) is 18.8. The number of carbonyl (C=O) groups excluding carboxylic acids is 2. The van der Waals surface area contributed by atoms with Crippen molar-refractivity contribution in [1.82, 2.24) is 4.90 Å². The fraction of sp³-hybridized carbons (Fsp3) is 0.400. The topological polar surface area (TPSA) is 94.2 Å². The Kier molecular flexibility index (Phi) is 6.35. The zero-order valence-electron chi connectivity index (χ0n) is 18.8. The molecule has 2 amide bonds. The summed E-state index contributed by atoms with van der Waals surface area (Å²) in [4.78, 5) is 33.2. The number of nitrogens with zero attached hydrogens (tertiary/aromatic N) is 2. The smallest absolute Gasteiger partial charge is 0.275 e. The Morgan fingerprint density at radius 3 is 2.30 bits per heavy atom. The lowest BCUT2D eigenvalue weighted by atomic mass is 9.94. The normalized spacial score (nSPS) is 18.6. The van der Waals surface area contributed by atoms with Gasteiger partial charge in [-0.25, -0.2) is 4.39 Å². The third kappa shape index (κ3) is 4.17. The third-order valence-corrected chi connectivity index (χ3v) is 6.47. The highest BCUT2D eigenvalue weighted by molar-refractivity contribution is 6.47. The minimum Gasteiger partial charge on any atom is -0.497 e. The molecule has 1 fully saturated rings. The summed E-state index contributed by atoms with van der Waals surface area (Å²) in [5.74, 6) is -0.524. The molecule has 2 aliphatic rings. The molecule has 1 aliphatic heterocycles. The molecule has 1 aliphatic carbocycles. The molecule has 2 aromatic carbocycles. The second kappa shape index (κ2) is 9.21. The minimum atomic E-state index is -1.09. The van der Waals surface area contributed by atoms with Crippen LogP contribution in [-0.4, -0.2) is 42.3 Å². The van der Waals surface area contributed by atoms with Crippen LogP contribution in [0.3, 0.4) is 0 Å². The van der Waals surface area contributed by atoms with E-state index in [0.717, 1.165) is 25.7 Å². The number of primary amides is 1. The van der Waals surface area contributed by atoms with Crippen molar-refractivity contribution in [2.75, 3.05) is 14.2 Å². The maximum Gasteiger partial charge on any atom is 0.275 e. The molecule has 33 heavy (non-hydrogen) atoms. The van der Waals surface area contributed by atoms with Crippen LogP contribution in [0.4, 0.5) is 4.39 Å². The molecule has 8 heteroatoms. The van der Waals surface area contributed by atoms with Gasteiger partial charge in [-0.15, -0.1) is 0 Å². The number of carbonyl (C=O) groups is 2. The van der Waals surface area contributed by atoms with E-state index in [1.165, 1.54) is 43.4 Å². The molecule has 1 atom stereocenters. The van der Waals surface area contributed by atoms with Gasteiger partial charge in [0.15, 0.2) is 0 Å². The van der Waals surface area contributed by atoms with E-state index in [4.69, 9.17) is 20.2 Å². The van der Waals surface area contributed by atoms with Gasteiger partial charge in [0.05, 0.1) is 14.2 Å². The number of halogens is 1. The average molecular weight is 454 g/mol. The first-order valence-electron chi connectivity index (χ1n) is 11.1. The summed E-state index contributed by atoms with van der Waals surface area (Å²) in [6.07, 6.45) is 5.03. The van der Waals surface area contributed by atoms with Crippen LogP contribution in [0.1, 0.15) is 55.7 Å². The molecule has 1 spiro atoms. The van der Waals surface area contributed by atoms with E-state index in [0.29, 0.717) is 35.5 Å². The first kappa shape index (κ1) is 22.8. The lowest BCUT2D eigenvalue weighted by molar-refractivity contribution is -0.140. The number of amides is 2. The van der Waals surface area contributed by atoms with Gasteiger partial charge in [0, 0.05) is 17.2 Å². The molecule has 174 valence electrons. The van der Waals surface area contributed by atoms with Crippen molar-refractivity contribution < 1.29 is 23.5 Å². The van der Waals surface area contributed by atoms with E-state index in [9.17, 15) is 14.0 Å². The standard InChI is InChI=1S/C25H28FN3O4/c1-32-18-11-12-19(20(15-18)33-2)22(23(27)30)29-24(31)21(16-7-9-17(26)10-8-16)28-25(29)13-5-3-4-6-14-25/h7-12,15,22H,3-6,13-14H2,1-2H3,(H2,27,30). The molecule has 0 bridgehead atoms. The minimum absolute atomic E-state index is 0.218. The summed E-state index contributed by atoms with van der Waals surface area (Å²) in [6, 6.07) is 9.64. The molecule has 1 unspecified atom stereocenters. The van der Waals surface area contributed by atoms with Gasteiger partial charge in [-0.05, 0) is 62.1 Å². The van der Waals surface area contributed by atoms with E-state index in [-0.39, 0.29) is 5.71 Å². The Balaban J connectivity index is 1.86. The summed E-state index contributed by atoms with van der Waals surface area (Å²) in [6.45, 7) is 0. The fourth-order valence-corrected chi connectivity index (χ4v) is 4.88. The van der Waals surface area contributed by atoms with Crippen molar-refractivity contribution in [1.29, 1.82) is 0 Å². The lowest BCUT2D eigenvalue weighted by Crippen LogP contribution is -2.52. The van der Waals surface area contributed by atoms with Crippen molar-refractivity contribution in [3.05, 3.63) is 59.4 Å². The van der Waals surface area contributed by atoms with Crippen LogP contribution < -0.4 is 15.2 Å². The van der Waals surface area contributed by atoms with Crippen LogP contribution in [0.25, 0.3) is 0 Å². The molecule has 2 N–H and O–H groups in total. The first-order chi connectivity index (χ1) is 15.9. The SMILES string of the molecule is COc1ccc(C(C(N)=O)N2C(=O)C(c3ccc(F)cc3)=NC23CCCCCC3)c(OC)c1. The Bertz CT molecular complexity index is 1080. The molecular weight excluding hydrogens is 425 g/mol. The number of ether oxygens (including phenoxy) is 2. The molecular formula is C25H28FN3O4. The summed E-state index contributed by atoms with van der Waals surface area (Å²) >= 11 is 0. The molecule has 2 aromatic rings. The van der Waals surface area contributed by atoms with E-state index < -0.39 is 29.3 Å². The van der Waals surface area contributed by atoms with Crippen molar-refractivity contribution in [3.8, 4) is 11.5 Å². The van der Waals surface area contributed by atoms with Crippen molar-refractivity contribution in [2.45, 2.75) is 50.2 Å². The fourth-order valence-electron chi connectivity index (χ4n) is 4.88. The molecule has 1 heterocycles. The average Bonchev–Trinajstić information content (AvgIpc) is 2.95. The zero-order chi connectivity index (χ0) is 23.6. The highest BCUT2D eigenvalue weighted by Gasteiger charge is 2.52. The maximum absolute atomic E-state index is 13.8. The maximum atomic E-state index is 13.8. The quantitative estimate of drug-likeness (QED) is 0.721. The summed E-state index contributed by atoms with van der Waals surface area (Å²) in [7, 11) is 3.03. The second-order valence-electron chi connectivity index (χ2n) is 8.45. The van der Waals surface area contributed by atoms with Crippen LogP contribution in [0.2, 0.25) is 0 Å². The Morgan fingerprint density at radius 2 is 1.73 bits per heavy atom. The summed E-state index contributed by atoms with van der Waals surface area (Å²) in [5.41, 5.74) is 6.22.